The summed E-state index contributed by atoms with van der Waals surface area (Å²) in [5, 5.41) is 10.9. The third-order valence-electron chi connectivity index (χ3n) is 6.81. The van der Waals surface area contributed by atoms with Crippen molar-refractivity contribution in [2.24, 2.45) is 22.7 Å². The summed E-state index contributed by atoms with van der Waals surface area (Å²) in [4.78, 5) is 11.6. The molecule has 2 aliphatic rings. The molecule has 140 valence electrons. The van der Waals surface area contributed by atoms with Crippen LogP contribution in [0.4, 0.5) is 0 Å². The lowest BCUT2D eigenvalue weighted by atomic mass is 9.46. The van der Waals surface area contributed by atoms with E-state index >= 15 is 0 Å². The number of aliphatic hydroxyl groups excluding tert-OH is 1. The number of hydrogen-bond acceptors (Lipinski definition) is 3. The van der Waals surface area contributed by atoms with Crippen LogP contribution in [0.1, 0.15) is 60.3 Å². The number of allylic oxidation sites excluding steroid dienone is 4. The molecule has 0 aromatic heterocycles. The van der Waals surface area contributed by atoms with Gasteiger partial charge in [0.15, 0.2) is 0 Å². The highest BCUT2D eigenvalue weighted by molar-refractivity contribution is 5.66. The Morgan fingerprint density at radius 2 is 2.00 bits per heavy atom. The summed E-state index contributed by atoms with van der Waals surface area (Å²) < 4.78 is 5.53. The first-order chi connectivity index (χ1) is 11.5. The predicted octanol–water partition coefficient (Wildman–Crippen LogP) is 4.82. The number of aliphatic hydroxyl groups is 1. The first kappa shape index (κ1) is 20.0. The molecule has 0 saturated heterocycles. The number of ether oxygens (including phenoxy) is 1. The van der Waals surface area contributed by atoms with E-state index in [1.807, 2.05) is 6.08 Å². The summed E-state index contributed by atoms with van der Waals surface area (Å²) in [5.74, 6) is 0.371. The first-order valence-electron chi connectivity index (χ1n) is 9.36. The van der Waals surface area contributed by atoms with Crippen LogP contribution in [-0.2, 0) is 9.53 Å². The van der Waals surface area contributed by atoms with Gasteiger partial charge in [-0.1, -0.05) is 57.2 Å². The molecule has 2 rings (SSSR count). The summed E-state index contributed by atoms with van der Waals surface area (Å²) in [6, 6.07) is 0. The largest absolute Gasteiger partial charge is 0.460 e. The minimum absolute atomic E-state index is 0.0455. The summed E-state index contributed by atoms with van der Waals surface area (Å²) in [5.41, 5.74) is 2.10. The molecule has 0 heterocycles. The van der Waals surface area contributed by atoms with Gasteiger partial charge in [-0.2, -0.15) is 0 Å². The molecule has 2 saturated carbocycles. The molecule has 25 heavy (non-hydrogen) atoms. The van der Waals surface area contributed by atoms with E-state index in [2.05, 4.69) is 46.9 Å². The lowest BCUT2D eigenvalue weighted by Gasteiger charge is -2.61. The Balaban J connectivity index is 2.41. The number of rotatable bonds is 4. The van der Waals surface area contributed by atoms with Gasteiger partial charge in [0.2, 0.25) is 0 Å². The number of fused-ring (bicyclic) bond motifs is 1. The molecular formula is C22H34O3. The van der Waals surface area contributed by atoms with Crippen molar-refractivity contribution >= 4 is 5.97 Å². The molecule has 2 fully saturated rings. The summed E-state index contributed by atoms with van der Waals surface area (Å²) in [6.07, 6.45) is 6.66. The molecule has 2 aliphatic carbocycles. The Bertz CT molecular complexity index is 586. The average molecular weight is 347 g/mol. The maximum Gasteiger partial charge on any atom is 0.302 e. The van der Waals surface area contributed by atoms with Crippen LogP contribution in [0.5, 0.6) is 0 Å². The standard InChI is InChI=1S/C22H34O3/c1-8-14(2)9-11-17-15(3)10-12-19-21(5,6)20(24)18(25-16(4)23)13-22(17,19)7/h8-9,17-20,24H,1,3,10-13H2,2,4-7H3/b14-9+/t17-,18?,19-,20?,22+/m0/s1. The minimum Gasteiger partial charge on any atom is -0.460 e. The van der Waals surface area contributed by atoms with Gasteiger partial charge in [-0.25, -0.2) is 0 Å². The molecule has 5 atom stereocenters. The molecule has 1 N–H and O–H groups in total. The van der Waals surface area contributed by atoms with E-state index in [1.165, 1.54) is 18.1 Å². The molecule has 0 aromatic carbocycles. The Morgan fingerprint density at radius 1 is 1.36 bits per heavy atom. The van der Waals surface area contributed by atoms with Crippen molar-refractivity contribution < 1.29 is 14.6 Å². The molecule has 0 spiro atoms. The summed E-state index contributed by atoms with van der Waals surface area (Å²) in [7, 11) is 0. The van der Waals surface area contributed by atoms with E-state index in [4.69, 9.17) is 4.74 Å². The van der Waals surface area contributed by atoms with Crippen molar-refractivity contribution in [3.63, 3.8) is 0 Å². The number of carbonyl (C=O) groups excluding carboxylic acids is 1. The van der Waals surface area contributed by atoms with Crippen LogP contribution in [0.15, 0.2) is 36.5 Å². The molecule has 3 heteroatoms. The highest BCUT2D eigenvalue weighted by atomic mass is 16.6. The fraction of sp³-hybridized carbons (Fsp3) is 0.682. The van der Waals surface area contributed by atoms with Crippen molar-refractivity contribution in [1.82, 2.24) is 0 Å². The van der Waals surface area contributed by atoms with Crippen molar-refractivity contribution in [2.45, 2.75) is 72.5 Å². The van der Waals surface area contributed by atoms with E-state index < -0.39 is 12.2 Å². The first-order valence-corrected chi connectivity index (χ1v) is 9.36. The van der Waals surface area contributed by atoms with Crippen LogP contribution >= 0.6 is 0 Å². The predicted molar refractivity (Wildman–Crippen MR) is 102 cm³/mol. The maximum atomic E-state index is 11.6. The molecule has 2 unspecified atom stereocenters. The van der Waals surface area contributed by atoms with Gasteiger partial charge >= 0.3 is 5.97 Å². The van der Waals surface area contributed by atoms with Gasteiger partial charge in [0.05, 0.1) is 6.10 Å². The number of carbonyl (C=O) groups is 1. The lowest BCUT2D eigenvalue weighted by molar-refractivity contribution is -0.199. The van der Waals surface area contributed by atoms with Crippen LogP contribution in [-0.4, -0.2) is 23.3 Å². The van der Waals surface area contributed by atoms with E-state index in [-0.39, 0.29) is 16.8 Å². The fourth-order valence-corrected chi connectivity index (χ4v) is 5.42. The maximum absolute atomic E-state index is 11.6. The highest BCUT2D eigenvalue weighted by Gasteiger charge is 2.59. The van der Waals surface area contributed by atoms with Crippen molar-refractivity contribution in [3.8, 4) is 0 Å². The number of hydrogen-bond donors (Lipinski definition) is 1. The third-order valence-corrected chi connectivity index (χ3v) is 6.81. The second kappa shape index (κ2) is 7.11. The van der Waals surface area contributed by atoms with Gasteiger partial charge in [-0.15, -0.1) is 0 Å². The Hall–Kier alpha value is -1.35. The zero-order valence-electron chi connectivity index (χ0n) is 16.5. The topological polar surface area (TPSA) is 46.5 Å². The smallest absolute Gasteiger partial charge is 0.302 e. The zero-order chi connectivity index (χ0) is 19.0. The minimum atomic E-state index is -0.632. The second-order valence-corrected chi connectivity index (χ2v) is 8.81. The molecule has 0 amide bonds. The summed E-state index contributed by atoms with van der Waals surface area (Å²) >= 11 is 0. The van der Waals surface area contributed by atoms with Gasteiger partial charge in [0, 0.05) is 6.92 Å². The second-order valence-electron chi connectivity index (χ2n) is 8.81. The highest BCUT2D eigenvalue weighted by Crippen LogP contribution is 2.62. The van der Waals surface area contributed by atoms with Gasteiger partial charge in [0.1, 0.15) is 6.10 Å². The normalized spacial score (nSPS) is 38.0. The molecule has 0 radical (unpaired) electrons. The van der Waals surface area contributed by atoms with E-state index in [1.54, 1.807) is 0 Å². The van der Waals surface area contributed by atoms with Crippen LogP contribution in [0.2, 0.25) is 0 Å². The van der Waals surface area contributed by atoms with E-state index in [9.17, 15) is 9.90 Å². The van der Waals surface area contributed by atoms with E-state index in [0.717, 1.165) is 19.3 Å². The van der Waals surface area contributed by atoms with Gasteiger partial charge in [-0.3, -0.25) is 4.79 Å². The monoisotopic (exact) mass is 346 g/mol. The SMILES string of the molecule is C=C/C(C)=C/C[C@H]1C(=C)CC[C@H]2C(C)(C)C(O)C(OC(C)=O)C[C@]12C. The van der Waals surface area contributed by atoms with Crippen LogP contribution in [0.3, 0.4) is 0 Å². The van der Waals surface area contributed by atoms with Crippen molar-refractivity contribution in [2.75, 3.05) is 0 Å². The molecule has 3 nitrogen and oxygen atoms in total. The summed E-state index contributed by atoms with van der Waals surface area (Å²) in [6.45, 7) is 18.2. The van der Waals surface area contributed by atoms with Gasteiger partial charge < -0.3 is 9.84 Å². The van der Waals surface area contributed by atoms with Crippen LogP contribution in [0, 0.1) is 22.7 Å². The Labute approximate surface area is 152 Å². The molecular weight excluding hydrogens is 312 g/mol. The molecule has 0 aliphatic heterocycles. The van der Waals surface area contributed by atoms with Crippen LogP contribution < -0.4 is 0 Å². The van der Waals surface area contributed by atoms with Crippen molar-refractivity contribution in [1.29, 1.82) is 0 Å². The average Bonchev–Trinajstić information content (AvgIpc) is 2.50. The van der Waals surface area contributed by atoms with Crippen LogP contribution in [0.25, 0.3) is 0 Å². The van der Waals surface area contributed by atoms with Gasteiger partial charge in [-0.05, 0) is 55.3 Å². The van der Waals surface area contributed by atoms with E-state index in [0.29, 0.717) is 18.3 Å². The Morgan fingerprint density at radius 3 is 2.56 bits per heavy atom. The fourth-order valence-electron chi connectivity index (χ4n) is 5.42. The quantitative estimate of drug-likeness (QED) is 0.451. The zero-order valence-corrected chi connectivity index (χ0v) is 16.5. The Kier molecular flexibility index (Phi) is 5.68. The third kappa shape index (κ3) is 3.62. The molecule has 0 bridgehead atoms. The molecule has 0 aromatic rings. The number of esters is 1. The van der Waals surface area contributed by atoms with Gasteiger partial charge in [0.25, 0.3) is 0 Å². The lowest BCUT2D eigenvalue weighted by Crippen LogP contribution is -2.60. The van der Waals surface area contributed by atoms with Crippen molar-refractivity contribution in [3.05, 3.63) is 36.5 Å².